The Morgan fingerprint density at radius 2 is 2.16 bits per heavy atom. The highest BCUT2D eigenvalue weighted by Gasteiger charge is 2.27. The zero-order valence-corrected chi connectivity index (χ0v) is 11.6. The predicted molar refractivity (Wildman–Crippen MR) is 69.6 cm³/mol. The summed E-state index contributed by atoms with van der Waals surface area (Å²) in [5, 5.41) is 19.9. The highest BCUT2D eigenvalue weighted by Crippen LogP contribution is 2.27. The molecule has 0 radical (unpaired) electrons. The molecule has 0 heterocycles. The molecule has 0 aliphatic heterocycles. The van der Waals surface area contributed by atoms with E-state index in [9.17, 15) is 18.5 Å². The highest BCUT2D eigenvalue weighted by molar-refractivity contribution is 7.89. The summed E-state index contributed by atoms with van der Waals surface area (Å²) in [6.45, 7) is 1.29. The van der Waals surface area contributed by atoms with E-state index in [-0.39, 0.29) is 5.02 Å². The van der Waals surface area contributed by atoms with E-state index in [1.54, 1.807) is 6.92 Å². The fourth-order valence-electron chi connectivity index (χ4n) is 1.39. The first kappa shape index (κ1) is 15.8. The minimum atomic E-state index is -4.09. The molecule has 1 aromatic carbocycles. The number of nitro benzene ring substituents is 1. The van der Waals surface area contributed by atoms with Crippen LogP contribution in [0.4, 0.5) is 5.69 Å². The van der Waals surface area contributed by atoms with Crippen LogP contribution in [0.3, 0.4) is 0 Å². The van der Waals surface area contributed by atoms with Crippen molar-refractivity contribution in [3.05, 3.63) is 33.3 Å². The van der Waals surface area contributed by atoms with Crippen molar-refractivity contribution in [2.24, 2.45) is 0 Å². The monoisotopic (exact) mass is 308 g/mol. The summed E-state index contributed by atoms with van der Waals surface area (Å²) in [6.07, 6.45) is 0.358. The molecule has 0 saturated carbocycles. The van der Waals surface area contributed by atoms with Gasteiger partial charge < -0.3 is 5.11 Å². The highest BCUT2D eigenvalue weighted by atomic mass is 35.5. The molecule has 9 heteroatoms. The van der Waals surface area contributed by atoms with Crippen molar-refractivity contribution in [3.63, 3.8) is 0 Å². The van der Waals surface area contributed by atoms with Crippen LogP contribution >= 0.6 is 11.6 Å². The normalized spacial score (nSPS) is 13.2. The van der Waals surface area contributed by atoms with Crippen LogP contribution in [0.2, 0.25) is 5.02 Å². The second kappa shape index (κ2) is 6.29. The molecule has 1 rings (SSSR count). The van der Waals surface area contributed by atoms with Crippen molar-refractivity contribution in [2.75, 3.05) is 6.61 Å². The van der Waals surface area contributed by atoms with Gasteiger partial charge in [-0.15, -0.1) is 0 Å². The molecule has 1 aromatic rings. The summed E-state index contributed by atoms with van der Waals surface area (Å²) in [7, 11) is -4.09. The molecule has 1 atom stereocenters. The Morgan fingerprint density at radius 1 is 1.53 bits per heavy atom. The van der Waals surface area contributed by atoms with Crippen LogP contribution in [0.1, 0.15) is 13.3 Å². The van der Waals surface area contributed by atoms with Crippen molar-refractivity contribution in [3.8, 4) is 0 Å². The second-order valence-corrected chi connectivity index (χ2v) is 5.90. The fourth-order valence-corrected chi connectivity index (χ4v) is 3.02. The number of halogens is 1. The van der Waals surface area contributed by atoms with Gasteiger partial charge in [0, 0.05) is 17.1 Å². The average Bonchev–Trinajstić information content (AvgIpc) is 2.35. The number of nitro groups is 1. The number of nitrogens with one attached hydrogen (secondary N) is 1. The number of nitrogens with zero attached hydrogens (tertiary/aromatic N) is 1. The lowest BCUT2D eigenvalue weighted by atomic mass is 10.3. The lowest BCUT2D eigenvalue weighted by Gasteiger charge is -2.14. The van der Waals surface area contributed by atoms with Crippen LogP contribution in [0.5, 0.6) is 0 Å². The largest absolute Gasteiger partial charge is 0.395 e. The third-order valence-corrected chi connectivity index (χ3v) is 4.25. The van der Waals surface area contributed by atoms with Crippen molar-refractivity contribution in [1.29, 1.82) is 0 Å². The van der Waals surface area contributed by atoms with Gasteiger partial charge in [-0.1, -0.05) is 18.5 Å². The Morgan fingerprint density at radius 3 is 2.63 bits per heavy atom. The first-order valence-electron chi connectivity index (χ1n) is 5.39. The van der Waals surface area contributed by atoms with E-state index in [1.165, 1.54) is 6.07 Å². The molecule has 0 fully saturated rings. The maximum absolute atomic E-state index is 12.0. The Labute approximate surface area is 115 Å². The molecule has 0 amide bonds. The lowest BCUT2D eigenvalue weighted by Crippen LogP contribution is -2.37. The van der Waals surface area contributed by atoms with E-state index in [2.05, 4.69) is 4.72 Å². The summed E-state index contributed by atoms with van der Waals surface area (Å²) in [6, 6.07) is 2.59. The molecule has 7 nitrogen and oxygen atoms in total. The summed E-state index contributed by atoms with van der Waals surface area (Å²) in [5.41, 5.74) is -0.604. The Bertz CT molecular complexity index is 571. The fraction of sp³-hybridized carbons (Fsp3) is 0.400. The van der Waals surface area contributed by atoms with E-state index < -0.39 is 38.2 Å². The van der Waals surface area contributed by atoms with Crippen LogP contribution in [0.25, 0.3) is 0 Å². The summed E-state index contributed by atoms with van der Waals surface area (Å²) in [5.74, 6) is 0. The molecule has 0 aliphatic carbocycles. The van der Waals surface area contributed by atoms with Gasteiger partial charge in [-0.3, -0.25) is 10.1 Å². The average molecular weight is 309 g/mol. The van der Waals surface area contributed by atoms with Crippen molar-refractivity contribution in [1.82, 2.24) is 4.72 Å². The molecule has 0 bridgehead atoms. The number of aliphatic hydroxyl groups excluding tert-OH is 1. The van der Waals surface area contributed by atoms with Crippen molar-refractivity contribution < 1.29 is 18.4 Å². The Hall–Kier alpha value is -1.22. The number of benzene rings is 1. The van der Waals surface area contributed by atoms with Gasteiger partial charge in [-0.2, -0.15) is 0 Å². The molecule has 2 N–H and O–H groups in total. The van der Waals surface area contributed by atoms with Gasteiger partial charge in [0.05, 0.1) is 11.5 Å². The van der Waals surface area contributed by atoms with Gasteiger partial charge >= 0.3 is 0 Å². The molecule has 19 heavy (non-hydrogen) atoms. The molecular formula is C10H13ClN2O5S. The van der Waals surface area contributed by atoms with Gasteiger partial charge in [0.25, 0.3) is 5.69 Å². The van der Waals surface area contributed by atoms with Crippen LogP contribution in [0.15, 0.2) is 23.1 Å². The minimum Gasteiger partial charge on any atom is -0.395 e. The predicted octanol–water partition coefficient (Wildman–Crippen LogP) is 1.30. The smallest absolute Gasteiger partial charge is 0.290 e. The van der Waals surface area contributed by atoms with Crippen molar-refractivity contribution >= 4 is 27.3 Å². The zero-order chi connectivity index (χ0) is 14.6. The first-order valence-corrected chi connectivity index (χ1v) is 7.25. The number of aliphatic hydroxyl groups is 1. The summed E-state index contributed by atoms with van der Waals surface area (Å²) >= 11 is 5.61. The summed E-state index contributed by atoms with van der Waals surface area (Å²) < 4.78 is 26.3. The maximum Gasteiger partial charge on any atom is 0.290 e. The standard InChI is InChI=1S/C10H13ClN2O5S/c1-2-8(6-14)12-19(17,18)10-4-3-7(11)5-9(10)13(15)16/h3-5,8,12,14H,2,6H2,1H3. The van der Waals surface area contributed by atoms with E-state index in [0.717, 1.165) is 12.1 Å². The summed E-state index contributed by atoms with van der Waals surface area (Å²) in [4.78, 5) is 9.55. The third-order valence-electron chi connectivity index (χ3n) is 2.44. The van der Waals surface area contributed by atoms with Crippen molar-refractivity contribution in [2.45, 2.75) is 24.3 Å². The molecule has 1 unspecified atom stereocenters. The van der Waals surface area contributed by atoms with Gasteiger partial charge in [-0.25, -0.2) is 13.1 Å². The van der Waals surface area contributed by atoms with E-state index in [4.69, 9.17) is 16.7 Å². The molecule has 0 spiro atoms. The van der Waals surface area contributed by atoms with Crippen LogP contribution < -0.4 is 4.72 Å². The Balaban J connectivity index is 3.25. The quantitative estimate of drug-likeness (QED) is 0.608. The zero-order valence-electron chi connectivity index (χ0n) is 10.0. The number of rotatable bonds is 6. The van der Waals surface area contributed by atoms with Gasteiger partial charge in [0.1, 0.15) is 0 Å². The number of hydrogen-bond donors (Lipinski definition) is 2. The first-order chi connectivity index (χ1) is 8.81. The van der Waals surface area contributed by atoms with Gasteiger partial charge in [0.2, 0.25) is 10.0 Å². The van der Waals surface area contributed by atoms with Gasteiger partial charge in [0.15, 0.2) is 4.90 Å². The third kappa shape index (κ3) is 3.87. The second-order valence-electron chi connectivity index (χ2n) is 3.78. The topological polar surface area (TPSA) is 110 Å². The SMILES string of the molecule is CCC(CO)NS(=O)(=O)c1ccc(Cl)cc1[N+](=O)[O-]. The number of hydrogen-bond acceptors (Lipinski definition) is 5. The van der Waals surface area contributed by atoms with Crippen LogP contribution in [0, 0.1) is 10.1 Å². The van der Waals surface area contributed by atoms with E-state index >= 15 is 0 Å². The molecule has 0 saturated heterocycles. The Kier molecular flexibility index (Phi) is 5.24. The number of sulfonamides is 1. The van der Waals surface area contributed by atoms with Crippen LogP contribution in [-0.4, -0.2) is 31.1 Å². The molecule has 0 aromatic heterocycles. The van der Waals surface area contributed by atoms with E-state index in [1.807, 2.05) is 0 Å². The molecule has 106 valence electrons. The molecule has 0 aliphatic rings. The molecular weight excluding hydrogens is 296 g/mol. The minimum absolute atomic E-state index is 0.0693. The maximum atomic E-state index is 12.0. The van der Waals surface area contributed by atoms with E-state index in [0.29, 0.717) is 6.42 Å². The van der Waals surface area contributed by atoms with Crippen LogP contribution in [-0.2, 0) is 10.0 Å². The van der Waals surface area contributed by atoms with Gasteiger partial charge in [-0.05, 0) is 18.6 Å². The lowest BCUT2D eigenvalue weighted by molar-refractivity contribution is -0.387.